The highest BCUT2D eigenvalue weighted by Crippen LogP contribution is 2.34. The average molecular weight is 310 g/mol. The second kappa shape index (κ2) is 4.96. The van der Waals surface area contributed by atoms with Crippen LogP contribution in [-0.4, -0.2) is 14.8 Å². The summed E-state index contributed by atoms with van der Waals surface area (Å²) in [4.78, 5) is 5.60. The Labute approximate surface area is 124 Å². The van der Waals surface area contributed by atoms with E-state index in [1.54, 1.807) is 34.2 Å². The van der Waals surface area contributed by atoms with Crippen LogP contribution in [0.4, 0.5) is 0 Å². The van der Waals surface area contributed by atoms with Crippen molar-refractivity contribution >= 4 is 34.5 Å². The topological polar surface area (TPSA) is 30.7 Å². The fraction of sp³-hybridized carbons (Fsp3) is 0.0769. The molecule has 3 aromatic rings. The van der Waals surface area contributed by atoms with E-state index in [1.807, 2.05) is 24.6 Å². The highest BCUT2D eigenvalue weighted by atomic mass is 35.5. The molecule has 0 amide bonds. The molecule has 19 heavy (non-hydrogen) atoms. The summed E-state index contributed by atoms with van der Waals surface area (Å²) in [7, 11) is 1.86. The van der Waals surface area contributed by atoms with Gasteiger partial charge in [0.2, 0.25) is 0 Å². The average Bonchev–Trinajstić information content (AvgIpc) is 2.98. The lowest BCUT2D eigenvalue weighted by atomic mass is 10.2. The van der Waals surface area contributed by atoms with Crippen LogP contribution in [0.15, 0.2) is 35.7 Å². The van der Waals surface area contributed by atoms with E-state index in [0.29, 0.717) is 21.4 Å². The lowest BCUT2D eigenvalue weighted by Gasteiger charge is -2.01. The van der Waals surface area contributed by atoms with Gasteiger partial charge in [-0.2, -0.15) is 5.10 Å². The number of hydrogen-bond donors (Lipinski definition) is 0. The Morgan fingerprint density at radius 1 is 1.11 bits per heavy atom. The molecule has 0 aliphatic carbocycles. The zero-order chi connectivity index (χ0) is 13.4. The van der Waals surface area contributed by atoms with Crippen molar-refractivity contribution in [3.8, 4) is 22.1 Å². The third kappa shape index (κ3) is 2.27. The first-order valence-corrected chi connectivity index (χ1v) is 7.19. The number of nitrogens with zero attached hydrogens (tertiary/aromatic N) is 3. The number of aromatic nitrogens is 3. The van der Waals surface area contributed by atoms with E-state index in [-0.39, 0.29) is 0 Å². The Balaban J connectivity index is 2.16. The van der Waals surface area contributed by atoms with Gasteiger partial charge in [-0.3, -0.25) is 0 Å². The number of hydrogen-bond acceptors (Lipinski definition) is 3. The molecule has 2 aromatic heterocycles. The van der Waals surface area contributed by atoms with E-state index in [4.69, 9.17) is 23.2 Å². The lowest BCUT2D eigenvalue weighted by molar-refractivity contribution is 0.779. The van der Waals surface area contributed by atoms with Crippen LogP contribution in [0.25, 0.3) is 22.1 Å². The summed E-state index contributed by atoms with van der Waals surface area (Å²) in [5.41, 5.74) is 0.671. The molecule has 0 aliphatic heterocycles. The van der Waals surface area contributed by atoms with Gasteiger partial charge in [-0.25, -0.2) is 9.67 Å². The van der Waals surface area contributed by atoms with E-state index in [1.165, 1.54) is 0 Å². The smallest absolute Gasteiger partial charge is 0.184 e. The molecule has 0 atom stereocenters. The molecule has 0 unspecified atom stereocenters. The molecule has 0 N–H and O–H groups in total. The van der Waals surface area contributed by atoms with Gasteiger partial charge in [0.1, 0.15) is 0 Å². The molecule has 2 heterocycles. The molecular weight excluding hydrogens is 301 g/mol. The standard InChI is InChI=1S/C13H9Cl2N3S/c1-18-13(10-6-3-7-19-10)16-12(17-18)11-8(14)4-2-5-9(11)15/h2-7H,1H3. The molecule has 0 saturated carbocycles. The Kier molecular flexibility index (Phi) is 3.31. The maximum Gasteiger partial charge on any atom is 0.184 e. The van der Waals surface area contributed by atoms with Gasteiger partial charge in [0.05, 0.1) is 20.5 Å². The van der Waals surface area contributed by atoms with Gasteiger partial charge in [0.15, 0.2) is 11.6 Å². The molecule has 0 fully saturated rings. The Morgan fingerprint density at radius 2 is 1.84 bits per heavy atom. The second-order valence-electron chi connectivity index (χ2n) is 3.96. The summed E-state index contributed by atoms with van der Waals surface area (Å²) in [5.74, 6) is 1.35. The first kappa shape index (κ1) is 12.7. The van der Waals surface area contributed by atoms with Crippen LogP contribution >= 0.6 is 34.5 Å². The predicted octanol–water partition coefficient (Wildman–Crippen LogP) is 4.52. The van der Waals surface area contributed by atoms with Gasteiger partial charge in [-0.15, -0.1) is 11.3 Å². The lowest BCUT2D eigenvalue weighted by Crippen LogP contribution is -1.92. The Morgan fingerprint density at radius 3 is 2.47 bits per heavy atom. The first-order valence-electron chi connectivity index (χ1n) is 5.56. The SMILES string of the molecule is Cn1nc(-c2c(Cl)cccc2Cl)nc1-c1cccs1. The third-order valence-electron chi connectivity index (χ3n) is 2.69. The number of thiophene rings is 1. The maximum absolute atomic E-state index is 6.18. The summed E-state index contributed by atoms with van der Waals surface area (Å²) >= 11 is 14.0. The Bertz CT molecular complexity index is 699. The van der Waals surface area contributed by atoms with Crippen LogP contribution in [0.1, 0.15) is 0 Å². The van der Waals surface area contributed by atoms with E-state index < -0.39 is 0 Å². The minimum absolute atomic E-state index is 0.543. The van der Waals surface area contributed by atoms with Gasteiger partial charge < -0.3 is 0 Å². The fourth-order valence-corrected chi connectivity index (χ4v) is 3.13. The molecule has 0 radical (unpaired) electrons. The summed E-state index contributed by atoms with van der Waals surface area (Å²) < 4.78 is 1.74. The summed E-state index contributed by atoms with van der Waals surface area (Å²) in [6.45, 7) is 0. The molecule has 1 aromatic carbocycles. The summed E-state index contributed by atoms with van der Waals surface area (Å²) in [6, 6.07) is 9.36. The highest BCUT2D eigenvalue weighted by molar-refractivity contribution is 7.13. The van der Waals surface area contributed by atoms with Gasteiger partial charge in [0, 0.05) is 7.05 Å². The minimum Gasteiger partial charge on any atom is -0.248 e. The van der Waals surface area contributed by atoms with Crippen LogP contribution in [0, 0.1) is 0 Å². The van der Waals surface area contributed by atoms with E-state index in [2.05, 4.69) is 10.1 Å². The normalized spacial score (nSPS) is 10.9. The van der Waals surface area contributed by atoms with Crippen LogP contribution in [-0.2, 0) is 7.05 Å². The van der Waals surface area contributed by atoms with Crippen LogP contribution < -0.4 is 0 Å². The number of benzene rings is 1. The highest BCUT2D eigenvalue weighted by Gasteiger charge is 2.16. The van der Waals surface area contributed by atoms with Gasteiger partial charge in [0.25, 0.3) is 0 Å². The van der Waals surface area contributed by atoms with Crippen LogP contribution in [0.5, 0.6) is 0 Å². The molecule has 0 aliphatic rings. The molecule has 0 saturated heterocycles. The molecule has 0 bridgehead atoms. The quantitative estimate of drug-likeness (QED) is 0.697. The number of halogens is 2. The summed E-state index contributed by atoms with van der Waals surface area (Å²) in [6.07, 6.45) is 0. The molecule has 96 valence electrons. The van der Waals surface area contributed by atoms with Gasteiger partial charge >= 0.3 is 0 Å². The van der Waals surface area contributed by atoms with E-state index >= 15 is 0 Å². The van der Waals surface area contributed by atoms with Crippen LogP contribution in [0.3, 0.4) is 0 Å². The second-order valence-corrected chi connectivity index (χ2v) is 5.72. The zero-order valence-corrected chi connectivity index (χ0v) is 12.3. The maximum atomic E-state index is 6.18. The van der Waals surface area contributed by atoms with Crippen molar-refractivity contribution < 1.29 is 0 Å². The van der Waals surface area contributed by atoms with Crippen molar-refractivity contribution in [2.45, 2.75) is 0 Å². The van der Waals surface area contributed by atoms with Gasteiger partial charge in [-0.05, 0) is 23.6 Å². The van der Waals surface area contributed by atoms with Gasteiger partial charge in [-0.1, -0.05) is 35.3 Å². The van der Waals surface area contributed by atoms with E-state index in [0.717, 1.165) is 10.7 Å². The number of rotatable bonds is 2. The Hall–Kier alpha value is -1.36. The molecular formula is C13H9Cl2N3S. The first-order chi connectivity index (χ1) is 9.16. The predicted molar refractivity (Wildman–Crippen MR) is 79.8 cm³/mol. The largest absolute Gasteiger partial charge is 0.248 e. The zero-order valence-electron chi connectivity index (χ0n) is 9.97. The van der Waals surface area contributed by atoms with Crippen molar-refractivity contribution in [3.63, 3.8) is 0 Å². The minimum atomic E-state index is 0.543. The summed E-state index contributed by atoms with van der Waals surface area (Å²) in [5, 5.41) is 7.51. The fourth-order valence-electron chi connectivity index (χ4n) is 1.82. The molecule has 3 rings (SSSR count). The third-order valence-corrected chi connectivity index (χ3v) is 4.19. The van der Waals surface area contributed by atoms with Crippen LogP contribution in [0.2, 0.25) is 10.0 Å². The van der Waals surface area contributed by atoms with Crippen molar-refractivity contribution in [2.75, 3.05) is 0 Å². The van der Waals surface area contributed by atoms with Crippen molar-refractivity contribution in [1.29, 1.82) is 0 Å². The van der Waals surface area contributed by atoms with E-state index in [9.17, 15) is 0 Å². The molecule has 6 heteroatoms. The monoisotopic (exact) mass is 309 g/mol. The van der Waals surface area contributed by atoms with Crippen molar-refractivity contribution in [2.24, 2.45) is 7.05 Å². The van der Waals surface area contributed by atoms with Crippen molar-refractivity contribution in [1.82, 2.24) is 14.8 Å². The molecule has 0 spiro atoms. The number of aryl methyl sites for hydroxylation is 1. The van der Waals surface area contributed by atoms with Crippen molar-refractivity contribution in [3.05, 3.63) is 45.8 Å². The molecule has 3 nitrogen and oxygen atoms in total.